The fourth-order valence-corrected chi connectivity index (χ4v) is 4.26. The second-order valence-electron chi connectivity index (χ2n) is 6.06. The molecule has 2 N–H and O–H groups in total. The quantitative estimate of drug-likeness (QED) is 0.404. The molecule has 1 spiro atoms. The minimum absolute atomic E-state index is 0. The first-order chi connectivity index (χ1) is 10.6. The standard InChI is InChI=1S/C15H22ClN3O2S.HI/c1-17-14(18-8-11(20)12-2-3-13(16)22-12)19-6-4-15(9-19)5-7-21-10-15;/h2-3,11,20H,4-10H2,1H3,(H,17,18);1H. The Morgan fingerprint density at radius 2 is 2.39 bits per heavy atom. The van der Waals surface area contributed by atoms with Crippen LogP contribution in [0.2, 0.25) is 4.34 Å². The molecule has 1 aromatic heterocycles. The Balaban J connectivity index is 0.00000192. The van der Waals surface area contributed by atoms with Crippen LogP contribution in [0.15, 0.2) is 17.1 Å². The lowest BCUT2D eigenvalue weighted by atomic mass is 9.87. The minimum atomic E-state index is -0.569. The van der Waals surface area contributed by atoms with Crippen molar-refractivity contribution in [2.75, 3.05) is 39.9 Å². The van der Waals surface area contributed by atoms with Gasteiger partial charge in [-0.2, -0.15) is 0 Å². The largest absolute Gasteiger partial charge is 0.386 e. The molecule has 3 heterocycles. The van der Waals surface area contributed by atoms with Crippen molar-refractivity contribution in [2.24, 2.45) is 10.4 Å². The number of aliphatic imine (C=N–C) groups is 1. The van der Waals surface area contributed by atoms with E-state index in [9.17, 15) is 5.11 Å². The monoisotopic (exact) mass is 471 g/mol. The highest BCUT2D eigenvalue weighted by Crippen LogP contribution is 2.38. The van der Waals surface area contributed by atoms with Crippen molar-refractivity contribution < 1.29 is 9.84 Å². The maximum atomic E-state index is 10.2. The first kappa shape index (κ1) is 19.2. The van der Waals surface area contributed by atoms with Gasteiger partial charge in [0, 0.05) is 43.6 Å². The lowest BCUT2D eigenvalue weighted by Crippen LogP contribution is -2.42. The van der Waals surface area contributed by atoms with Crippen LogP contribution >= 0.6 is 46.9 Å². The smallest absolute Gasteiger partial charge is 0.193 e. The van der Waals surface area contributed by atoms with Crippen LogP contribution in [0, 0.1) is 5.41 Å². The summed E-state index contributed by atoms with van der Waals surface area (Å²) in [6.45, 7) is 4.13. The molecule has 130 valence electrons. The summed E-state index contributed by atoms with van der Waals surface area (Å²) in [5.41, 5.74) is 0.303. The van der Waals surface area contributed by atoms with Crippen LogP contribution < -0.4 is 5.32 Å². The van der Waals surface area contributed by atoms with Gasteiger partial charge in [-0.1, -0.05) is 11.6 Å². The Hall–Kier alpha value is -0.0900. The Morgan fingerprint density at radius 3 is 3.00 bits per heavy atom. The molecule has 0 saturated carbocycles. The third-order valence-electron chi connectivity index (χ3n) is 4.51. The molecular weight excluding hydrogens is 449 g/mol. The van der Waals surface area contributed by atoms with Crippen molar-refractivity contribution in [1.82, 2.24) is 10.2 Å². The summed E-state index contributed by atoms with van der Waals surface area (Å²) in [6, 6.07) is 3.67. The molecule has 2 aliphatic rings. The molecule has 2 aliphatic heterocycles. The van der Waals surface area contributed by atoms with Gasteiger partial charge >= 0.3 is 0 Å². The molecule has 2 unspecified atom stereocenters. The van der Waals surface area contributed by atoms with Crippen LogP contribution in [-0.2, 0) is 4.74 Å². The number of likely N-dealkylation sites (tertiary alicyclic amines) is 1. The van der Waals surface area contributed by atoms with Gasteiger partial charge < -0.3 is 20.1 Å². The number of halogens is 2. The van der Waals surface area contributed by atoms with Crippen LogP contribution in [0.4, 0.5) is 0 Å². The molecule has 3 rings (SSSR count). The number of ether oxygens (including phenoxy) is 1. The van der Waals surface area contributed by atoms with Crippen molar-refractivity contribution >= 4 is 52.9 Å². The van der Waals surface area contributed by atoms with E-state index < -0.39 is 6.10 Å². The molecule has 0 aromatic carbocycles. The molecular formula is C15H23ClIN3O2S. The van der Waals surface area contributed by atoms with E-state index in [0.29, 0.717) is 16.3 Å². The Labute approximate surface area is 163 Å². The van der Waals surface area contributed by atoms with Gasteiger partial charge in [-0.3, -0.25) is 4.99 Å². The van der Waals surface area contributed by atoms with Gasteiger partial charge in [0.25, 0.3) is 0 Å². The van der Waals surface area contributed by atoms with Crippen LogP contribution in [0.25, 0.3) is 0 Å². The van der Waals surface area contributed by atoms with Gasteiger partial charge in [0.2, 0.25) is 0 Å². The minimum Gasteiger partial charge on any atom is -0.386 e. The highest BCUT2D eigenvalue weighted by atomic mass is 127. The fraction of sp³-hybridized carbons (Fsp3) is 0.667. The molecule has 23 heavy (non-hydrogen) atoms. The lowest BCUT2D eigenvalue weighted by Gasteiger charge is -2.25. The lowest BCUT2D eigenvalue weighted by molar-refractivity contribution is 0.156. The average Bonchev–Trinajstić information content (AvgIpc) is 3.23. The Morgan fingerprint density at radius 1 is 1.57 bits per heavy atom. The summed E-state index contributed by atoms with van der Waals surface area (Å²) >= 11 is 7.32. The number of guanidine groups is 1. The summed E-state index contributed by atoms with van der Waals surface area (Å²) in [6.07, 6.45) is 1.72. The van der Waals surface area contributed by atoms with E-state index in [4.69, 9.17) is 16.3 Å². The second kappa shape index (κ2) is 8.33. The van der Waals surface area contributed by atoms with E-state index in [2.05, 4.69) is 15.2 Å². The zero-order chi connectivity index (χ0) is 15.6. The highest BCUT2D eigenvalue weighted by Gasteiger charge is 2.42. The second-order valence-corrected chi connectivity index (χ2v) is 7.81. The predicted octanol–water partition coefficient (Wildman–Crippen LogP) is 2.74. The third-order valence-corrected chi connectivity index (χ3v) is 5.84. The average molecular weight is 472 g/mol. The van der Waals surface area contributed by atoms with E-state index in [1.54, 1.807) is 7.05 Å². The van der Waals surface area contributed by atoms with Crippen LogP contribution in [0.3, 0.4) is 0 Å². The fourth-order valence-electron chi connectivity index (χ4n) is 3.22. The number of rotatable bonds is 3. The van der Waals surface area contributed by atoms with Gasteiger partial charge in [0.1, 0.15) is 6.10 Å². The zero-order valence-electron chi connectivity index (χ0n) is 13.1. The summed E-state index contributed by atoms with van der Waals surface area (Å²) in [4.78, 5) is 7.49. The van der Waals surface area contributed by atoms with Crippen molar-refractivity contribution in [1.29, 1.82) is 0 Å². The Kier molecular flexibility index (Phi) is 6.97. The van der Waals surface area contributed by atoms with Gasteiger partial charge in [-0.25, -0.2) is 0 Å². The normalized spacial score (nSPS) is 25.7. The zero-order valence-corrected chi connectivity index (χ0v) is 17.0. The maximum Gasteiger partial charge on any atom is 0.193 e. The Bertz CT molecular complexity index is 549. The highest BCUT2D eigenvalue weighted by molar-refractivity contribution is 14.0. The van der Waals surface area contributed by atoms with E-state index in [0.717, 1.165) is 50.0 Å². The SMILES string of the molecule is CN=C(NCC(O)c1ccc(Cl)s1)N1CCC2(CCOC2)C1.I. The summed E-state index contributed by atoms with van der Waals surface area (Å²) in [5.74, 6) is 0.852. The van der Waals surface area contributed by atoms with Gasteiger partial charge in [0.05, 0.1) is 10.9 Å². The van der Waals surface area contributed by atoms with E-state index in [1.807, 2.05) is 12.1 Å². The maximum absolute atomic E-state index is 10.2. The molecule has 0 aliphatic carbocycles. The topological polar surface area (TPSA) is 57.1 Å². The molecule has 2 atom stereocenters. The molecule has 8 heteroatoms. The van der Waals surface area contributed by atoms with Crippen LogP contribution in [0.5, 0.6) is 0 Å². The molecule has 1 aromatic rings. The number of hydrogen-bond donors (Lipinski definition) is 2. The first-order valence-electron chi connectivity index (χ1n) is 7.59. The van der Waals surface area contributed by atoms with Crippen molar-refractivity contribution in [3.8, 4) is 0 Å². The first-order valence-corrected chi connectivity index (χ1v) is 8.78. The molecule has 2 fully saturated rings. The number of aliphatic hydroxyl groups excluding tert-OH is 1. The van der Waals surface area contributed by atoms with Gasteiger partial charge in [-0.15, -0.1) is 35.3 Å². The van der Waals surface area contributed by atoms with Crippen molar-refractivity contribution in [2.45, 2.75) is 18.9 Å². The van der Waals surface area contributed by atoms with Crippen LogP contribution in [-0.4, -0.2) is 55.9 Å². The molecule has 2 saturated heterocycles. The van der Waals surface area contributed by atoms with E-state index >= 15 is 0 Å². The van der Waals surface area contributed by atoms with Gasteiger partial charge in [0.15, 0.2) is 5.96 Å². The van der Waals surface area contributed by atoms with E-state index in [-0.39, 0.29) is 24.0 Å². The molecule has 0 amide bonds. The number of thiophene rings is 1. The van der Waals surface area contributed by atoms with Gasteiger partial charge in [-0.05, 0) is 25.0 Å². The number of hydrogen-bond acceptors (Lipinski definition) is 4. The molecule has 0 radical (unpaired) electrons. The summed E-state index contributed by atoms with van der Waals surface area (Å²) < 4.78 is 6.26. The predicted molar refractivity (Wildman–Crippen MR) is 105 cm³/mol. The summed E-state index contributed by atoms with van der Waals surface area (Å²) in [5, 5.41) is 13.5. The molecule has 5 nitrogen and oxygen atoms in total. The number of nitrogens with one attached hydrogen (secondary N) is 1. The van der Waals surface area contributed by atoms with Crippen molar-refractivity contribution in [3.63, 3.8) is 0 Å². The third kappa shape index (κ3) is 4.50. The molecule has 0 bridgehead atoms. The number of nitrogens with zero attached hydrogens (tertiary/aromatic N) is 2. The van der Waals surface area contributed by atoms with Crippen LogP contribution in [0.1, 0.15) is 23.8 Å². The van der Waals surface area contributed by atoms with Crippen molar-refractivity contribution in [3.05, 3.63) is 21.3 Å². The summed E-state index contributed by atoms with van der Waals surface area (Å²) in [7, 11) is 1.78. The number of aliphatic hydroxyl groups is 1. The van der Waals surface area contributed by atoms with E-state index in [1.165, 1.54) is 11.3 Å².